The number of anilines is 1. The number of fused-ring (bicyclic) bond motifs is 1. The normalized spacial score (nSPS) is 14.7. The van der Waals surface area contributed by atoms with Crippen LogP contribution >= 0.6 is 0 Å². The number of hydrogen-bond acceptors (Lipinski definition) is 4. The van der Waals surface area contributed by atoms with Crippen LogP contribution in [0.1, 0.15) is 17.3 Å². The van der Waals surface area contributed by atoms with E-state index in [2.05, 4.69) is 10.1 Å². The minimum Gasteiger partial charge on any atom is -0.435 e. The van der Waals surface area contributed by atoms with E-state index in [1.807, 2.05) is 6.92 Å². The summed E-state index contributed by atoms with van der Waals surface area (Å²) in [4.78, 5) is 14.2. The first-order valence-electron chi connectivity index (χ1n) is 8.33. The molecule has 2 aromatic rings. The lowest BCUT2D eigenvalue weighted by Gasteiger charge is -2.31. The molecule has 0 aliphatic carbocycles. The molecule has 0 saturated heterocycles. The molecule has 27 heavy (non-hydrogen) atoms. The first-order valence-corrected chi connectivity index (χ1v) is 8.33. The summed E-state index contributed by atoms with van der Waals surface area (Å²) in [7, 11) is 1.58. The van der Waals surface area contributed by atoms with Gasteiger partial charge in [0, 0.05) is 25.4 Å². The van der Waals surface area contributed by atoms with Gasteiger partial charge in [0.25, 0.3) is 5.91 Å². The lowest BCUT2D eigenvalue weighted by molar-refractivity contribution is -0.0499. The highest BCUT2D eigenvalue weighted by Crippen LogP contribution is 2.31. The summed E-state index contributed by atoms with van der Waals surface area (Å²) in [5, 5.41) is 3.15. The van der Waals surface area contributed by atoms with Gasteiger partial charge in [0.2, 0.25) is 0 Å². The number of nitrogens with zero attached hydrogens (tertiary/aromatic N) is 1. The maximum atomic E-state index is 13.8. The van der Waals surface area contributed by atoms with E-state index in [0.717, 1.165) is 6.07 Å². The number of alkyl halides is 2. The minimum absolute atomic E-state index is 0.0999. The number of amides is 1. The zero-order valence-corrected chi connectivity index (χ0v) is 14.8. The summed E-state index contributed by atoms with van der Waals surface area (Å²) in [5.74, 6) is -1.09. The molecule has 144 valence electrons. The summed E-state index contributed by atoms with van der Waals surface area (Å²) in [6, 6.07) is 8.40. The first kappa shape index (κ1) is 19.0. The molecule has 1 aliphatic rings. The van der Waals surface area contributed by atoms with Crippen molar-refractivity contribution < 1.29 is 27.4 Å². The largest absolute Gasteiger partial charge is 0.435 e. The van der Waals surface area contributed by atoms with E-state index < -0.39 is 12.4 Å². The highest BCUT2D eigenvalue weighted by Gasteiger charge is 2.25. The molecule has 0 unspecified atom stereocenters. The molecule has 1 N–H and O–H groups in total. The highest BCUT2D eigenvalue weighted by molar-refractivity contribution is 6.02. The van der Waals surface area contributed by atoms with Gasteiger partial charge in [-0.05, 0) is 42.3 Å². The van der Waals surface area contributed by atoms with Crippen molar-refractivity contribution in [1.29, 1.82) is 0 Å². The second kappa shape index (κ2) is 7.87. The second-order valence-corrected chi connectivity index (χ2v) is 6.22. The third kappa shape index (κ3) is 4.33. The number of methoxy groups -OCH3 is 1. The summed E-state index contributed by atoms with van der Waals surface area (Å²) in [6.45, 7) is -0.411. The Hall–Kier alpha value is -2.74. The molecule has 1 heterocycles. The van der Waals surface area contributed by atoms with E-state index in [-0.39, 0.29) is 17.8 Å². The van der Waals surface area contributed by atoms with E-state index in [4.69, 9.17) is 4.74 Å². The van der Waals surface area contributed by atoms with Crippen molar-refractivity contribution in [1.82, 2.24) is 4.90 Å². The van der Waals surface area contributed by atoms with E-state index >= 15 is 0 Å². The highest BCUT2D eigenvalue weighted by atomic mass is 19.3. The van der Waals surface area contributed by atoms with Crippen LogP contribution in [0.3, 0.4) is 0 Å². The summed E-state index contributed by atoms with van der Waals surface area (Å²) in [5.41, 5.74) is 2.03. The Labute approximate surface area is 154 Å². The van der Waals surface area contributed by atoms with Gasteiger partial charge in [0.05, 0.1) is 18.3 Å². The smallest absolute Gasteiger partial charge is 0.387 e. The van der Waals surface area contributed by atoms with Crippen molar-refractivity contribution in [2.45, 2.75) is 19.6 Å². The molecule has 5 nitrogen and oxygen atoms in total. The van der Waals surface area contributed by atoms with Gasteiger partial charge in [-0.1, -0.05) is 6.07 Å². The van der Waals surface area contributed by atoms with Crippen LogP contribution in [0, 0.1) is 5.82 Å². The van der Waals surface area contributed by atoms with Crippen LogP contribution in [0.25, 0.3) is 11.1 Å². The number of hydrogen-bond donors (Lipinski definition) is 1. The number of nitrogens with one attached hydrogen (secondary N) is 1. The quantitative estimate of drug-likeness (QED) is 0.824. The predicted octanol–water partition coefficient (Wildman–Crippen LogP) is 3.95. The molecular formula is C19H19F3N2O3. The molecule has 0 aromatic heterocycles. The number of carbonyl (C=O) groups is 1. The fourth-order valence-electron chi connectivity index (χ4n) is 2.91. The van der Waals surface area contributed by atoms with Crippen molar-refractivity contribution in [3.05, 3.63) is 47.8 Å². The van der Waals surface area contributed by atoms with Crippen LogP contribution in [0.15, 0.2) is 36.4 Å². The van der Waals surface area contributed by atoms with E-state index in [1.165, 1.54) is 12.1 Å². The Morgan fingerprint density at radius 1 is 1.19 bits per heavy atom. The third-order valence-corrected chi connectivity index (χ3v) is 4.31. The van der Waals surface area contributed by atoms with Crippen LogP contribution in [-0.2, 0) is 4.74 Å². The van der Waals surface area contributed by atoms with E-state index in [1.54, 1.807) is 30.2 Å². The van der Waals surface area contributed by atoms with E-state index in [9.17, 15) is 18.0 Å². The molecule has 0 radical (unpaired) electrons. The number of benzene rings is 2. The molecule has 1 atom stereocenters. The minimum atomic E-state index is -3.04. The van der Waals surface area contributed by atoms with Crippen molar-refractivity contribution in [2.75, 3.05) is 25.6 Å². The summed E-state index contributed by atoms with van der Waals surface area (Å²) < 4.78 is 48.0. The topological polar surface area (TPSA) is 50.8 Å². The maximum absolute atomic E-state index is 13.8. The zero-order valence-electron chi connectivity index (χ0n) is 14.8. The van der Waals surface area contributed by atoms with Crippen LogP contribution in [0.4, 0.5) is 18.9 Å². The van der Waals surface area contributed by atoms with Gasteiger partial charge < -0.3 is 19.7 Å². The van der Waals surface area contributed by atoms with E-state index in [0.29, 0.717) is 35.6 Å². The van der Waals surface area contributed by atoms with Gasteiger partial charge in [-0.2, -0.15) is 8.78 Å². The Kier molecular flexibility index (Phi) is 5.55. The van der Waals surface area contributed by atoms with Gasteiger partial charge in [-0.3, -0.25) is 4.79 Å². The van der Waals surface area contributed by atoms with Crippen LogP contribution in [0.2, 0.25) is 0 Å². The SMILES string of the molecule is CO[C@H](C)CN1CNc2cc(-c3cc(F)cc(OC(F)F)c3)ccc2C1=O. The van der Waals surface area contributed by atoms with Gasteiger partial charge in [0.15, 0.2) is 0 Å². The van der Waals surface area contributed by atoms with Crippen molar-refractivity contribution >= 4 is 11.6 Å². The summed E-state index contributed by atoms with van der Waals surface area (Å²) >= 11 is 0. The average molecular weight is 380 g/mol. The molecule has 8 heteroatoms. The van der Waals surface area contributed by atoms with Gasteiger partial charge in [-0.15, -0.1) is 0 Å². The van der Waals surface area contributed by atoms with Gasteiger partial charge >= 0.3 is 6.61 Å². The molecular weight excluding hydrogens is 361 g/mol. The molecule has 2 aromatic carbocycles. The molecule has 1 aliphatic heterocycles. The lowest BCUT2D eigenvalue weighted by Crippen LogP contribution is -2.43. The summed E-state index contributed by atoms with van der Waals surface area (Å²) in [6.07, 6.45) is -0.0999. The number of carbonyl (C=O) groups excluding carboxylic acids is 1. The average Bonchev–Trinajstić information content (AvgIpc) is 2.62. The molecule has 0 fully saturated rings. The van der Waals surface area contributed by atoms with Crippen LogP contribution in [0.5, 0.6) is 5.75 Å². The van der Waals surface area contributed by atoms with Crippen LogP contribution < -0.4 is 10.1 Å². The monoisotopic (exact) mass is 380 g/mol. The second-order valence-electron chi connectivity index (χ2n) is 6.22. The predicted molar refractivity (Wildman–Crippen MR) is 94.5 cm³/mol. The molecule has 3 rings (SSSR count). The van der Waals surface area contributed by atoms with Gasteiger partial charge in [-0.25, -0.2) is 4.39 Å². The Morgan fingerprint density at radius 2 is 1.96 bits per heavy atom. The van der Waals surface area contributed by atoms with Gasteiger partial charge in [0.1, 0.15) is 11.6 Å². The molecule has 0 saturated carbocycles. The maximum Gasteiger partial charge on any atom is 0.387 e. The van der Waals surface area contributed by atoms with Crippen molar-refractivity contribution in [3.63, 3.8) is 0 Å². The standard InChI is InChI=1S/C19H19F3N2O3/c1-11(26-2)9-24-10-23-17-7-12(3-4-16(17)18(24)25)13-5-14(20)8-15(6-13)27-19(21)22/h3-8,11,19,23H,9-10H2,1-2H3/t11-/m1/s1. The lowest BCUT2D eigenvalue weighted by atomic mass is 10.00. The number of rotatable bonds is 6. The Balaban J connectivity index is 1.87. The zero-order chi connectivity index (χ0) is 19.6. The number of ether oxygens (including phenoxy) is 2. The third-order valence-electron chi connectivity index (χ3n) is 4.31. The Morgan fingerprint density at radius 3 is 2.67 bits per heavy atom. The Bertz CT molecular complexity index is 845. The number of halogens is 3. The van der Waals surface area contributed by atoms with Crippen molar-refractivity contribution in [3.8, 4) is 16.9 Å². The fraction of sp³-hybridized carbons (Fsp3) is 0.316. The molecule has 0 spiro atoms. The van der Waals surface area contributed by atoms with Crippen molar-refractivity contribution in [2.24, 2.45) is 0 Å². The first-order chi connectivity index (χ1) is 12.9. The van der Waals surface area contributed by atoms with Crippen LogP contribution in [-0.4, -0.2) is 43.8 Å². The molecule has 0 bridgehead atoms. The molecule has 1 amide bonds. The fourth-order valence-corrected chi connectivity index (χ4v) is 2.91.